The molecule has 1 aliphatic carbocycles. The number of rotatable bonds is 5. The molecule has 0 aliphatic heterocycles. The molecule has 0 atom stereocenters. The zero-order valence-corrected chi connectivity index (χ0v) is 12.8. The molecule has 0 saturated heterocycles. The molecule has 1 saturated carbocycles. The average Bonchev–Trinajstić information content (AvgIpc) is 3.05. The number of nitrogens with two attached hydrogens (primary N) is 1. The number of carbonyl (C=O) groups is 1. The van der Waals surface area contributed by atoms with Gasteiger partial charge in [-0.15, -0.1) is 10.2 Å². The summed E-state index contributed by atoms with van der Waals surface area (Å²) in [6, 6.07) is 0. The highest BCUT2D eigenvalue weighted by atomic mass is 32.1. The molecule has 1 aliphatic rings. The molecule has 112 valence electrons. The van der Waals surface area contributed by atoms with Gasteiger partial charge in [-0.2, -0.15) is 5.10 Å². The van der Waals surface area contributed by atoms with Gasteiger partial charge in [-0.05, 0) is 18.8 Å². The van der Waals surface area contributed by atoms with E-state index < -0.39 is 0 Å². The highest BCUT2D eigenvalue weighted by Crippen LogP contribution is 2.42. The molecular formula is C13H18N6OS. The van der Waals surface area contributed by atoms with E-state index in [2.05, 4.69) is 39.6 Å². The predicted molar refractivity (Wildman–Crippen MR) is 81.4 cm³/mol. The van der Waals surface area contributed by atoms with E-state index in [4.69, 9.17) is 5.73 Å². The van der Waals surface area contributed by atoms with Crippen LogP contribution in [0.2, 0.25) is 0 Å². The summed E-state index contributed by atoms with van der Waals surface area (Å²) < 4.78 is 0. The van der Waals surface area contributed by atoms with E-state index >= 15 is 0 Å². The molecule has 1 fully saturated rings. The Morgan fingerprint density at radius 3 is 2.90 bits per heavy atom. The number of hydrogen-bond donors (Lipinski definition) is 3. The van der Waals surface area contributed by atoms with Crippen LogP contribution in [0.15, 0.2) is 0 Å². The van der Waals surface area contributed by atoms with Gasteiger partial charge in [-0.3, -0.25) is 15.2 Å². The number of nitrogen functional groups attached to an aromatic ring is 1. The van der Waals surface area contributed by atoms with Gasteiger partial charge in [0.1, 0.15) is 5.01 Å². The lowest BCUT2D eigenvalue weighted by molar-refractivity contribution is 0.102. The van der Waals surface area contributed by atoms with E-state index in [1.807, 2.05) is 0 Å². The third-order valence-electron chi connectivity index (χ3n) is 3.30. The van der Waals surface area contributed by atoms with Crippen molar-refractivity contribution >= 4 is 28.1 Å². The molecule has 8 heteroatoms. The summed E-state index contributed by atoms with van der Waals surface area (Å²) in [5, 5.41) is 19.0. The van der Waals surface area contributed by atoms with E-state index in [0.717, 1.165) is 30.0 Å². The Morgan fingerprint density at radius 1 is 1.48 bits per heavy atom. The second kappa shape index (κ2) is 5.44. The lowest BCUT2D eigenvalue weighted by Gasteiger charge is -1.99. The summed E-state index contributed by atoms with van der Waals surface area (Å²) in [7, 11) is 0. The van der Waals surface area contributed by atoms with Crippen LogP contribution in [0.1, 0.15) is 53.8 Å². The minimum absolute atomic E-state index is 0.234. The Morgan fingerprint density at radius 2 is 2.24 bits per heavy atom. The molecule has 1 amide bonds. The second-order valence-corrected chi connectivity index (χ2v) is 6.79. The van der Waals surface area contributed by atoms with Crippen molar-refractivity contribution in [2.45, 2.75) is 39.0 Å². The van der Waals surface area contributed by atoms with Gasteiger partial charge in [-0.1, -0.05) is 25.2 Å². The van der Waals surface area contributed by atoms with Gasteiger partial charge in [0.2, 0.25) is 5.13 Å². The van der Waals surface area contributed by atoms with Crippen LogP contribution >= 0.6 is 11.3 Å². The monoisotopic (exact) mass is 306 g/mol. The number of aromatic amines is 1. The molecular weight excluding hydrogens is 288 g/mol. The molecule has 2 aromatic heterocycles. The number of carbonyl (C=O) groups excluding carboxylic acids is 1. The van der Waals surface area contributed by atoms with E-state index in [0.29, 0.717) is 22.7 Å². The van der Waals surface area contributed by atoms with Gasteiger partial charge in [0.25, 0.3) is 5.91 Å². The molecule has 0 bridgehead atoms. The van der Waals surface area contributed by atoms with Crippen LogP contribution in [0.5, 0.6) is 0 Å². The first kappa shape index (κ1) is 14.0. The van der Waals surface area contributed by atoms with Crippen molar-refractivity contribution in [1.82, 2.24) is 20.4 Å². The van der Waals surface area contributed by atoms with Crippen LogP contribution in [0.25, 0.3) is 0 Å². The number of nitrogens with one attached hydrogen (secondary N) is 2. The summed E-state index contributed by atoms with van der Waals surface area (Å²) in [6.45, 7) is 4.23. The van der Waals surface area contributed by atoms with Crippen LogP contribution in [0, 0.1) is 5.92 Å². The molecule has 0 unspecified atom stereocenters. The van der Waals surface area contributed by atoms with Gasteiger partial charge < -0.3 is 5.73 Å². The molecule has 3 rings (SSSR count). The van der Waals surface area contributed by atoms with Gasteiger partial charge in [-0.25, -0.2) is 0 Å². The van der Waals surface area contributed by atoms with E-state index in [-0.39, 0.29) is 11.6 Å². The normalized spacial score (nSPS) is 14.6. The van der Waals surface area contributed by atoms with Gasteiger partial charge in [0, 0.05) is 12.3 Å². The molecule has 2 heterocycles. The van der Waals surface area contributed by atoms with E-state index in [9.17, 15) is 4.79 Å². The standard InChI is InChI=1S/C13H18N6OS/c1-6(2)5-8-16-19-13(21-8)15-12(20)11-9(14)10(17-18-11)7-3-4-7/h6-7H,3-5,14H2,1-2H3,(H,17,18)(H,15,19,20). The molecule has 0 aromatic carbocycles. The Bertz CT molecular complexity index is 657. The van der Waals surface area contributed by atoms with Crippen molar-refractivity contribution in [3.8, 4) is 0 Å². The average molecular weight is 306 g/mol. The van der Waals surface area contributed by atoms with Crippen LogP contribution in [0.3, 0.4) is 0 Å². The highest BCUT2D eigenvalue weighted by Gasteiger charge is 2.30. The Labute approximate surface area is 126 Å². The van der Waals surface area contributed by atoms with Crippen LogP contribution in [-0.4, -0.2) is 26.3 Å². The molecule has 0 radical (unpaired) electrons. The minimum atomic E-state index is -0.345. The number of nitrogens with zero attached hydrogens (tertiary/aromatic N) is 3. The van der Waals surface area contributed by atoms with Crippen LogP contribution in [-0.2, 0) is 6.42 Å². The smallest absolute Gasteiger partial charge is 0.280 e. The van der Waals surface area contributed by atoms with Crippen LogP contribution in [0.4, 0.5) is 10.8 Å². The largest absolute Gasteiger partial charge is 0.395 e. The number of anilines is 2. The third kappa shape index (κ3) is 3.05. The summed E-state index contributed by atoms with van der Waals surface area (Å²) >= 11 is 1.38. The van der Waals surface area contributed by atoms with Crippen LogP contribution < -0.4 is 11.1 Å². The van der Waals surface area contributed by atoms with Crippen molar-refractivity contribution in [3.63, 3.8) is 0 Å². The van der Waals surface area contributed by atoms with Crippen molar-refractivity contribution < 1.29 is 4.79 Å². The second-order valence-electron chi connectivity index (χ2n) is 5.73. The first-order chi connectivity index (χ1) is 10.0. The molecule has 7 nitrogen and oxygen atoms in total. The Kier molecular flexibility index (Phi) is 3.62. The fourth-order valence-corrected chi connectivity index (χ4v) is 3.06. The molecule has 2 aromatic rings. The highest BCUT2D eigenvalue weighted by molar-refractivity contribution is 7.15. The summed E-state index contributed by atoms with van der Waals surface area (Å²) in [6.07, 6.45) is 3.05. The van der Waals surface area contributed by atoms with Gasteiger partial charge in [0.05, 0.1) is 11.4 Å². The van der Waals surface area contributed by atoms with Crippen molar-refractivity contribution in [2.75, 3.05) is 11.1 Å². The Balaban J connectivity index is 1.69. The van der Waals surface area contributed by atoms with Crippen molar-refractivity contribution in [2.24, 2.45) is 5.92 Å². The first-order valence-electron chi connectivity index (χ1n) is 7.02. The number of aromatic nitrogens is 4. The zero-order chi connectivity index (χ0) is 15.0. The topological polar surface area (TPSA) is 110 Å². The minimum Gasteiger partial charge on any atom is -0.395 e. The van der Waals surface area contributed by atoms with Gasteiger partial charge >= 0.3 is 0 Å². The fraction of sp³-hybridized carbons (Fsp3) is 0.538. The molecule has 21 heavy (non-hydrogen) atoms. The lowest BCUT2D eigenvalue weighted by atomic mass is 10.1. The van der Waals surface area contributed by atoms with E-state index in [1.54, 1.807) is 0 Å². The third-order valence-corrected chi connectivity index (χ3v) is 4.17. The van der Waals surface area contributed by atoms with Crippen molar-refractivity contribution in [1.29, 1.82) is 0 Å². The molecule has 0 spiro atoms. The SMILES string of the molecule is CC(C)Cc1nnc(NC(=O)c2n[nH]c(C3CC3)c2N)s1. The summed E-state index contributed by atoms with van der Waals surface area (Å²) in [4.78, 5) is 12.2. The quantitative estimate of drug-likeness (QED) is 0.784. The lowest BCUT2D eigenvalue weighted by Crippen LogP contribution is -2.14. The van der Waals surface area contributed by atoms with Crippen molar-refractivity contribution in [3.05, 3.63) is 16.4 Å². The summed E-state index contributed by atoms with van der Waals surface area (Å²) in [5.74, 6) is 0.589. The first-order valence-corrected chi connectivity index (χ1v) is 7.83. The summed E-state index contributed by atoms with van der Waals surface area (Å²) in [5.41, 5.74) is 7.54. The number of hydrogen-bond acceptors (Lipinski definition) is 6. The predicted octanol–water partition coefficient (Wildman–Crippen LogP) is 2.17. The fourth-order valence-electron chi connectivity index (χ4n) is 2.11. The Hall–Kier alpha value is -1.96. The number of H-pyrrole nitrogens is 1. The number of amides is 1. The zero-order valence-electron chi connectivity index (χ0n) is 12.0. The maximum Gasteiger partial charge on any atom is 0.280 e. The molecule has 4 N–H and O–H groups in total. The maximum absolute atomic E-state index is 12.2. The van der Waals surface area contributed by atoms with E-state index in [1.165, 1.54) is 11.3 Å². The van der Waals surface area contributed by atoms with Gasteiger partial charge in [0.15, 0.2) is 5.69 Å². The maximum atomic E-state index is 12.2.